The van der Waals surface area contributed by atoms with Crippen LogP contribution in [0.3, 0.4) is 0 Å². The van der Waals surface area contributed by atoms with E-state index in [0.717, 1.165) is 24.3 Å². The molecule has 0 aliphatic heterocycles. The molecule has 0 aromatic heterocycles. The summed E-state index contributed by atoms with van der Waals surface area (Å²) in [6.07, 6.45) is 0. The molecule has 1 atom stereocenters. The zero-order chi connectivity index (χ0) is 10.4. The number of nitrogens with one attached hydrogen (secondary N) is 1. The molecule has 1 aromatic carbocycles. The van der Waals surface area contributed by atoms with Crippen molar-refractivity contribution in [3.63, 3.8) is 0 Å². The SMILES string of the molecule is NCCNCC(N)c1ccc(N)cc1. The van der Waals surface area contributed by atoms with Gasteiger partial charge in [0.2, 0.25) is 0 Å². The van der Waals surface area contributed by atoms with Crippen molar-refractivity contribution in [1.82, 2.24) is 5.32 Å². The normalized spacial score (nSPS) is 12.7. The summed E-state index contributed by atoms with van der Waals surface area (Å²) in [6, 6.07) is 7.62. The minimum atomic E-state index is 0.00199. The van der Waals surface area contributed by atoms with Gasteiger partial charge in [-0.15, -0.1) is 0 Å². The number of nitrogens with two attached hydrogens (primary N) is 3. The average Bonchev–Trinajstić information content (AvgIpc) is 2.19. The molecule has 78 valence electrons. The van der Waals surface area contributed by atoms with Crippen LogP contribution >= 0.6 is 0 Å². The Hall–Kier alpha value is -1.10. The van der Waals surface area contributed by atoms with E-state index >= 15 is 0 Å². The molecular formula is C10H18N4. The van der Waals surface area contributed by atoms with Gasteiger partial charge in [-0.1, -0.05) is 12.1 Å². The maximum absolute atomic E-state index is 5.94. The lowest BCUT2D eigenvalue weighted by molar-refractivity contribution is 0.603. The molecule has 4 nitrogen and oxygen atoms in total. The number of nitrogen functional groups attached to an aromatic ring is 1. The zero-order valence-corrected chi connectivity index (χ0v) is 8.24. The molecular weight excluding hydrogens is 176 g/mol. The van der Waals surface area contributed by atoms with E-state index in [0.29, 0.717) is 6.54 Å². The minimum absolute atomic E-state index is 0.00199. The molecule has 4 heteroatoms. The molecule has 0 aliphatic rings. The first-order valence-corrected chi connectivity index (χ1v) is 4.76. The Morgan fingerprint density at radius 3 is 2.43 bits per heavy atom. The van der Waals surface area contributed by atoms with Gasteiger partial charge in [0.1, 0.15) is 0 Å². The van der Waals surface area contributed by atoms with Crippen LogP contribution < -0.4 is 22.5 Å². The molecule has 0 spiro atoms. The Morgan fingerprint density at radius 1 is 1.21 bits per heavy atom. The molecule has 1 unspecified atom stereocenters. The quantitative estimate of drug-likeness (QED) is 0.386. The lowest BCUT2D eigenvalue weighted by Gasteiger charge is -2.12. The maximum Gasteiger partial charge on any atom is 0.0421 e. The average molecular weight is 194 g/mol. The summed E-state index contributed by atoms with van der Waals surface area (Å²) < 4.78 is 0. The van der Waals surface area contributed by atoms with E-state index in [1.54, 1.807) is 0 Å². The second kappa shape index (κ2) is 5.59. The molecule has 0 bridgehead atoms. The third-order valence-corrected chi connectivity index (χ3v) is 2.05. The van der Waals surface area contributed by atoms with Gasteiger partial charge in [0.25, 0.3) is 0 Å². The highest BCUT2D eigenvalue weighted by Crippen LogP contribution is 2.11. The Morgan fingerprint density at radius 2 is 1.86 bits per heavy atom. The Kier molecular flexibility index (Phi) is 4.39. The molecule has 0 saturated heterocycles. The molecule has 14 heavy (non-hydrogen) atoms. The van der Waals surface area contributed by atoms with Crippen molar-refractivity contribution in [2.45, 2.75) is 6.04 Å². The first-order valence-electron chi connectivity index (χ1n) is 4.76. The molecule has 0 saturated carbocycles. The maximum atomic E-state index is 5.94. The highest BCUT2D eigenvalue weighted by Gasteiger charge is 2.03. The second-order valence-electron chi connectivity index (χ2n) is 3.27. The molecule has 0 fully saturated rings. The van der Waals surface area contributed by atoms with Crippen molar-refractivity contribution in [3.05, 3.63) is 29.8 Å². The Bertz CT molecular complexity index is 257. The van der Waals surface area contributed by atoms with Crippen LogP contribution in [-0.2, 0) is 0 Å². The van der Waals surface area contributed by atoms with Crippen LogP contribution in [0, 0.1) is 0 Å². The lowest BCUT2D eigenvalue weighted by Crippen LogP contribution is -2.30. The minimum Gasteiger partial charge on any atom is -0.399 e. The first kappa shape index (κ1) is 11.0. The number of benzene rings is 1. The molecule has 1 rings (SSSR count). The standard InChI is InChI=1S/C10H18N4/c11-5-6-14-7-10(13)8-1-3-9(12)4-2-8/h1-4,10,14H,5-7,11-13H2. The van der Waals surface area contributed by atoms with Crippen LogP contribution in [0.2, 0.25) is 0 Å². The van der Waals surface area contributed by atoms with Gasteiger partial charge in [-0.05, 0) is 17.7 Å². The van der Waals surface area contributed by atoms with Crippen molar-refractivity contribution in [2.24, 2.45) is 11.5 Å². The van der Waals surface area contributed by atoms with Crippen LogP contribution in [0.1, 0.15) is 11.6 Å². The van der Waals surface area contributed by atoms with Crippen molar-refractivity contribution in [2.75, 3.05) is 25.4 Å². The van der Waals surface area contributed by atoms with E-state index in [1.165, 1.54) is 0 Å². The molecule has 1 aromatic rings. The summed E-state index contributed by atoms with van der Waals surface area (Å²) in [7, 11) is 0. The van der Waals surface area contributed by atoms with Crippen molar-refractivity contribution >= 4 is 5.69 Å². The van der Waals surface area contributed by atoms with Crippen LogP contribution in [-0.4, -0.2) is 19.6 Å². The molecule has 0 amide bonds. The van der Waals surface area contributed by atoms with Gasteiger partial charge in [-0.3, -0.25) is 0 Å². The van der Waals surface area contributed by atoms with Crippen LogP contribution in [0.5, 0.6) is 0 Å². The second-order valence-corrected chi connectivity index (χ2v) is 3.27. The first-order chi connectivity index (χ1) is 6.74. The monoisotopic (exact) mass is 194 g/mol. The van der Waals surface area contributed by atoms with E-state index in [-0.39, 0.29) is 6.04 Å². The molecule has 0 aliphatic carbocycles. The summed E-state index contributed by atoms with van der Waals surface area (Å²) in [4.78, 5) is 0. The molecule has 7 N–H and O–H groups in total. The predicted octanol–water partition coefficient (Wildman–Crippen LogP) is -0.183. The Balaban J connectivity index is 2.43. The summed E-state index contributed by atoms with van der Waals surface area (Å²) >= 11 is 0. The van der Waals surface area contributed by atoms with E-state index < -0.39 is 0 Å². The molecule has 0 radical (unpaired) electrons. The number of hydrogen-bond acceptors (Lipinski definition) is 4. The van der Waals surface area contributed by atoms with E-state index in [4.69, 9.17) is 17.2 Å². The number of hydrogen-bond donors (Lipinski definition) is 4. The van der Waals surface area contributed by atoms with Gasteiger partial charge in [0.05, 0.1) is 0 Å². The van der Waals surface area contributed by atoms with Crippen molar-refractivity contribution in [3.8, 4) is 0 Å². The topological polar surface area (TPSA) is 90.1 Å². The third-order valence-electron chi connectivity index (χ3n) is 2.05. The highest BCUT2D eigenvalue weighted by atomic mass is 14.9. The van der Waals surface area contributed by atoms with Gasteiger partial charge in [0.15, 0.2) is 0 Å². The number of anilines is 1. The van der Waals surface area contributed by atoms with Gasteiger partial charge in [0, 0.05) is 31.4 Å². The highest BCUT2D eigenvalue weighted by molar-refractivity contribution is 5.40. The fourth-order valence-electron chi connectivity index (χ4n) is 1.22. The predicted molar refractivity (Wildman–Crippen MR) is 59.7 cm³/mol. The van der Waals surface area contributed by atoms with Crippen molar-refractivity contribution in [1.29, 1.82) is 0 Å². The lowest BCUT2D eigenvalue weighted by atomic mass is 10.1. The van der Waals surface area contributed by atoms with E-state index in [2.05, 4.69) is 5.32 Å². The van der Waals surface area contributed by atoms with Crippen LogP contribution in [0.15, 0.2) is 24.3 Å². The van der Waals surface area contributed by atoms with Gasteiger partial charge in [-0.25, -0.2) is 0 Å². The smallest absolute Gasteiger partial charge is 0.0421 e. The van der Waals surface area contributed by atoms with Crippen LogP contribution in [0.4, 0.5) is 5.69 Å². The summed E-state index contributed by atoms with van der Waals surface area (Å²) in [5.74, 6) is 0. The van der Waals surface area contributed by atoms with E-state index in [9.17, 15) is 0 Å². The van der Waals surface area contributed by atoms with Crippen LogP contribution in [0.25, 0.3) is 0 Å². The van der Waals surface area contributed by atoms with Gasteiger partial charge in [-0.2, -0.15) is 0 Å². The largest absolute Gasteiger partial charge is 0.399 e. The summed E-state index contributed by atoms with van der Waals surface area (Å²) in [5.41, 5.74) is 18.7. The third kappa shape index (κ3) is 3.33. The zero-order valence-electron chi connectivity index (χ0n) is 8.24. The summed E-state index contributed by atoms with van der Waals surface area (Å²) in [5, 5.41) is 3.17. The Labute approximate surface area is 84.5 Å². The fraction of sp³-hybridized carbons (Fsp3) is 0.400. The molecule has 0 heterocycles. The van der Waals surface area contributed by atoms with Crippen molar-refractivity contribution < 1.29 is 0 Å². The van der Waals surface area contributed by atoms with Gasteiger partial charge >= 0.3 is 0 Å². The summed E-state index contributed by atoms with van der Waals surface area (Å²) in [6.45, 7) is 2.16. The number of rotatable bonds is 5. The fourth-order valence-corrected chi connectivity index (χ4v) is 1.22. The van der Waals surface area contributed by atoms with E-state index in [1.807, 2.05) is 24.3 Å². The van der Waals surface area contributed by atoms with Gasteiger partial charge < -0.3 is 22.5 Å².